The summed E-state index contributed by atoms with van der Waals surface area (Å²) in [7, 11) is 0. The molecule has 13 heavy (non-hydrogen) atoms. The monoisotopic (exact) mass is 216 g/mol. The predicted molar refractivity (Wildman–Crippen MR) is 44.6 cm³/mol. The highest BCUT2D eigenvalue weighted by molar-refractivity contribution is 7.99. The lowest BCUT2D eigenvalue weighted by Crippen LogP contribution is -2.28. The highest BCUT2D eigenvalue weighted by atomic mass is 32.2. The van der Waals surface area contributed by atoms with Crippen LogP contribution in [0.3, 0.4) is 0 Å². The fourth-order valence-corrected chi connectivity index (χ4v) is 1.27. The summed E-state index contributed by atoms with van der Waals surface area (Å²) in [4.78, 5) is 10.7. The molecule has 0 aromatic carbocycles. The number of halogens is 3. The van der Waals surface area contributed by atoms with Crippen molar-refractivity contribution in [3.8, 4) is 0 Å². The molecule has 0 aromatic heterocycles. The van der Waals surface area contributed by atoms with Gasteiger partial charge in [-0.1, -0.05) is 0 Å². The Morgan fingerprint density at radius 2 is 2.08 bits per heavy atom. The minimum Gasteiger partial charge on any atom is -0.466 e. The average Bonchev–Trinajstić information content (AvgIpc) is 1.98. The Morgan fingerprint density at radius 1 is 1.54 bits per heavy atom. The van der Waals surface area contributed by atoms with Crippen molar-refractivity contribution in [2.45, 2.75) is 24.8 Å². The number of ether oxygens (including phenoxy) is 1. The number of alkyl halides is 3. The Kier molecular flexibility index (Phi) is 5.20. The number of hydrogen-bond acceptors (Lipinski definition) is 3. The molecule has 1 unspecified atom stereocenters. The van der Waals surface area contributed by atoms with Crippen molar-refractivity contribution >= 4 is 17.7 Å². The third-order valence-electron chi connectivity index (χ3n) is 1.31. The summed E-state index contributed by atoms with van der Waals surface area (Å²) in [5.41, 5.74) is 0. The zero-order valence-electron chi connectivity index (χ0n) is 7.35. The van der Waals surface area contributed by atoms with Crippen LogP contribution in [0.5, 0.6) is 0 Å². The predicted octanol–water partition coefficient (Wildman–Crippen LogP) is 2.23. The molecular formula is C7H11F3O2S. The summed E-state index contributed by atoms with van der Waals surface area (Å²) < 4.78 is 40.7. The molecule has 0 heterocycles. The maximum absolute atomic E-state index is 12.1. The molecule has 0 N–H and O–H groups in total. The fraction of sp³-hybridized carbons (Fsp3) is 0.857. The van der Waals surface area contributed by atoms with Crippen LogP contribution < -0.4 is 0 Å². The first kappa shape index (κ1) is 12.6. The summed E-state index contributed by atoms with van der Waals surface area (Å²) >= 11 is 0.605. The normalized spacial score (nSPS) is 13.9. The minimum atomic E-state index is -4.34. The summed E-state index contributed by atoms with van der Waals surface area (Å²) in [5.74, 6) is -0.806. The molecule has 0 spiro atoms. The minimum absolute atomic E-state index is 0.109. The van der Waals surface area contributed by atoms with Crippen LogP contribution in [0.1, 0.15) is 13.3 Å². The first-order valence-corrected chi connectivity index (χ1v) is 4.95. The molecule has 0 aromatic rings. The van der Waals surface area contributed by atoms with Crippen molar-refractivity contribution in [2.24, 2.45) is 0 Å². The van der Waals surface area contributed by atoms with Crippen molar-refractivity contribution in [1.29, 1.82) is 0 Å². The Balaban J connectivity index is 4.06. The van der Waals surface area contributed by atoms with Crippen LogP contribution in [0.25, 0.3) is 0 Å². The first-order chi connectivity index (χ1) is 5.91. The maximum atomic E-state index is 12.1. The number of carbonyl (C=O) groups is 1. The average molecular weight is 216 g/mol. The molecule has 0 aliphatic carbocycles. The van der Waals surface area contributed by atoms with Gasteiger partial charge in [-0.3, -0.25) is 4.79 Å². The van der Waals surface area contributed by atoms with E-state index in [0.717, 1.165) is 0 Å². The highest BCUT2D eigenvalue weighted by Gasteiger charge is 2.40. The number of esters is 1. The molecule has 1 atom stereocenters. The zero-order chi connectivity index (χ0) is 10.5. The van der Waals surface area contributed by atoms with Gasteiger partial charge in [0.15, 0.2) is 0 Å². The number of rotatable bonds is 4. The molecule has 0 bridgehead atoms. The van der Waals surface area contributed by atoms with E-state index < -0.39 is 23.8 Å². The smallest absolute Gasteiger partial charge is 0.401 e. The molecule has 0 aliphatic heterocycles. The van der Waals surface area contributed by atoms with Gasteiger partial charge in [0.1, 0.15) is 5.25 Å². The number of thioether (sulfide) groups is 1. The molecule has 78 valence electrons. The number of carbonyl (C=O) groups excluding carboxylic acids is 1. The van der Waals surface area contributed by atoms with Crippen molar-refractivity contribution < 1.29 is 22.7 Å². The van der Waals surface area contributed by atoms with Gasteiger partial charge in [0.05, 0.1) is 13.0 Å². The van der Waals surface area contributed by atoms with Gasteiger partial charge < -0.3 is 4.74 Å². The quantitative estimate of drug-likeness (QED) is 0.674. The third-order valence-corrected chi connectivity index (χ3v) is 2.31. The summed E-state index contributed by atoms with van der Waals surface area (Å²) in [5, 5.41) is -1.66. The molecule has 0 radical (unpaired) electrons. The van der Waals surface area contributed by atoms with E-state index in [2.05, 4.69) is 4.74 Å². The molecule has 0 amide bonds. The lowest BCUT2D eigenvalue weighted by atomic mass is 10.3. The maximum Gasteiger partial charge on any atom is 0.401 e. The molecule has 0 aliphatic rings. The van der Waals surface area contributed by atoms with Crippen LogP contribution in [0.2, 0.25) is 0 Å². The van der Waals surface area contributed by atoms with Gasteiger partial charge in [-0.25, -0.2) is 0 Å². The second-order valence-electron chi connectivity index (χ2n) is 2.28. The van der Waals surface area contributed by atoms with Gasteiger partial charge in [0.25, 0.3) is 0 Å². The van der Waals surface area contributed by atoms with Gasteiger partial charge in [-0.2, -0.15) is 24.9 Å². The van der Waals surface area contributed by atoms with Crippen molar-refractivity contribution in [3.63, 3.8) is 0 Å². The van der Waals surface area contributed by atoms with Crippen molar-refractivity contribution in [1.82, 2.24) is 0 Å². The Labute approximate surface area is 78.8 Å². The molecule has 2 nitrogen and oxygen atoms in total. The second-order valence-corrected chi connectivity index (χ2v) is 3.32. The van der Waals surface area contributed by atoms with Crippen molar-refractivity contribution in [2.75, 3.05) is 12.9 Å². The van der Waals surface area contributed by atoms with Gasteiger partial charge in [0, 0.05) is 0 Å². The topological polar surface area (TPSA) is 26.3 Å². The lowest BCUT2D eigenvalue weighted by molar-refractivity contribution is -0.154. The Bertz CT molecular complexity index is 170. The zero-order valence-corrected chi connectivity index (χ0v) is 8.17. The molecule has 0 saturated heterocycles. The molecule has 0 rings (SSSR count). The van der Waals surface area contributed by atoms with E-state index in [1.54, 1.807) is 6.92 Å². The van der Waals surface area contributed by atoms with Crippen LogP contribution in [0.15, 0.2) is 0 Å². The highest BCUT2D eigenvalue weighted by Crippen LogP contribution is 2.31. The van der Waals surface area contributed by atoms with Crippen molar-refractivity contribution in [3.05, 3.63) is 0 Å². The van der Waals surface area contributed by atoms with E-state index in [1.165, 1.54) is 6.26 Å². The number of hydrogen-bond donors (Lipinski definition) is 0. The molecular weight excluding hydrogens is 205 g/mol. The fourth-order valence-electron chi connectivity index (χ4n) is 0.704. The van der Waals surface area contributed by atoms with Gasteiger partial charge in [-0.15, -0.1) is 0 Å². The molecule has 6 heteroatoms. The van der Waals surface area contributed by atoms with Crippen LogP contribution >= 0.6 is 11.8 Å². The largest absolute Gasteiger partial charge is 0.466 e. The van der Waals surface area contributed by atoms with E-state index in [0.29, 0.717) is 11.8 Å². The van der Waals surface area contributed by atoms with Crippen LogP contribution in [-0.4, -0.2) is 30.3 Å². The van der Waals surface area contributed by atoms with E-state index in [4.69, 9.17) is 0 Å². The van der Waals surface area contributed by atoms with E-state index in [1.807, 2.05) is 0 Å². The molecule has 0 saturated carbocycles. The van der Waals surface area contributed by atoms with Gasteiger partial charge in [0.2, 0.25) is 0 Å². The van der Waals surface area contributed by atoms with Crippen LogP contribution in [0.4, 0.5) is 13.2 Å². The van der Waals surface area contributed by atoms with E-state index >= 15 is 0 Å². The second kappa shape index (κ2) is 5.36. The lowest BCUT2D eigenvalue weighted by Gasteiger charge is -2.16. The summed E-state index contributed by atoms with van der Waals surface area (Å²) in [6.45, 7) is 1.66. The van der Waals surface area contributed by atoms with Crippen LogP contribution in [-0.2, 0) is 9.53 Å². The van der Waals surface area contributed by atoms with Gasteiger partial charge >= 0.3 is 12.1 Å². The van der Waals surface area contributed by atoms with Crippen LogP contribution in [0, 0.1) is 0 Å². The third kappa shape index (κ3) is 5.02. The molecule has 0 fully saturated rings. The summed E-state index contributed by atoms with van der Waals surface area (Å²) in [6, 6.07) is 0. The first-order valence-electron chi connectivity index (χ1n) is 3.67. The standard InChI is InChI=1S/C7H11F3O2S/c1-3-12-6(11)4-5(13-2)7(8,9)10/h5H,3-4H2,1-2H3. The summed E-state index contributed by atoms with van der Waals surface area (Å²) in [6.07, 6.45) is -3.64. The SMILES string of the molecule is CCOC(=O)CC(SC)C(F)(F)F. The van der Waals surface area contributed by atoms with Gasteiger partial charge in [-0.05, 0) is 13.2 Å². The Hall–Kier alpha value is -0.390. The van der Waals surface area contributed by atoms with E-state index in [-0.39, 0.29) is 6.61 Å². The van der Waals surface area contributed by atoms with E-state index in [9.17, 15) is 18.0 Å². The Morgan fingerprint density at radius 3 is 2.38 bits per heavy atom.